The molecule has 0 saturated heterocycles. The minimum absolute atomic E-state index is 0.404. The maximum atomic E-state index is 5.71. The summed E-state index contributed by atoms with van der Waals surface area (Å²) in [5.74, 6) is 2.04. The zero-order chi connectivity index (χ0) is 10.4. The third-order valence-corrected chi connectivity index (χ3v) is 2.67. The minimum atomic E-state index is 0.404. The van der Waals surface area contributed by atoms with Crippen molar-refractivity contribution in [3.05, 3.63) is 29.8 Å². The Balaban J connectivity index is 2.57. The van der Waals surface area contributed by atoms with Crippen molar-refractivity contribution in [3.8, 4) is 5.75 Å². The van der Waals surface area contributed by atoms with Crippen LogP contribution in [-0.2, 0) is 6.42 Å². The normalized spacial score (nSPS) is 12.5. The summed E-state index contributed by atoms with van der Waals surface area (Å²) in [6, 6.07) is 8.15. The Labute approximate surface area is 91.0 Å². The number of aryl methyl sites for hydroxylation is 1. The van der Waals surface area contributed by atoms with Gasteiger partial charge in [-0.25, -0.2) is 0 Å². The number of alkyl halides is 1. The van der Waals surface area contributed by atoms with E-state index < -0.39 is 0 Å². The van der Waals surface area contributed by atoms with Crippen molar-refractivity contribution < 1.29 is 4.74 Å². The largest absolute Gasteiger partial charge is 0.493 e. The Kier molecular flexibility index (Phi) is 4.81. The number of ether oxygens (including phenoxy) is 1. The molecule has 0 spiro atoms. The minimum Gasteiger partial charge on any atom is -0.493 e. The Morgan fingerprint density at radius 2 is 2.07 bits per heavy atom. The van der Waals surface area contributed by atoms with Gasteiger partial charge in [0.2, 0.25) is 0 Å². The summed E-state index contributed by atoms with van der Waals surface area (Å²) < 4.78 is 5.70. The molecule has 0 heterocycles. The number of benzene rings is 1. The van der Waals surface area contributed by atoms with Crippen LogP contribution in [0, 0.1) is 5.92 Å². The van der Waals surface area contributed by atoms with Crippen LogP contribution in [0.3, 0.4) is 0 Å². The summed E-state index contributed by atoms with van der Waals surface area (Å²) in [5.41, 5.74) is 1.26. The second-order valence-electron chi connectivity index (χ2n) is 3.53. The first-order valence-corrected chi connectivity index (χ1v) is 5.58. The van der Waals surface area contributed by atoms with E-state index in [4.69, 9.17) is 16.3 Å². The van der Waals surface area contributed by atoms with E-state index in [-0.39, 0.29) is 0 Å². The molecule has 1 atom stereocenters. The van der Waals surface area contributed by atoms with Gasteiger partial charge >= 0.3 is 0 Å². The van der Waals surface area contributed by atoms with Crippen molar-refractivity contribution in [1.82, 2.24) is 0 Å². The summed E-state index contributed by atoms with van der Waals surface area (Å²) >= 11 is 5.71. The number of rotatable bonds is 5. The van der Waals surface area contributed by atoms with E-state index >= 15 is 0 Å². The predicted octanol–water partition coefficient (Wildman–Crippen LogP) is 3.50. The van der Waals surface area contributed by atoms with E-state index in [9.17, 15) is 0 Å². The molecular weight excluding hydrogens is 196 g/mol. The Bertz CT molecular complexity index is 273. The van der Waals surface area contributed by atoms with E-state index in [1.165, 1.54) is 5.56 Å². The van der Waals surface area contributed by atoms with Crippen molar-refractivity contribution in [2.24, 2.45) is 5.92 Å². The molecule has 0 aliphatic carbocycles. The lowest BCUT2D eigenvalue weighted by Crippen LogP contribution is -2.10. The fourth-order valence-electron chi connectivity index (χ4n) is 1.21. The third kappa shape index (κ3) is 3.22. The highest BCUT2D eigenvalue weighted by Crippen LogP contribution is 2.19. The van der Waals surface area contributed by atoms with Gasteiger partial charge in [-0.15, -0.1) is 11.6 Å². The summed E-state index contributed by atoms with van der Waals surface area (Å²) in [6.07, 6.45) is 1.01. The number of para-hydroxylation sites is 1. The summed E-state index contributed by atoms with van der Waals surface area (Å²) in [6.45, 7) is 4.91. The van der Waals surface area contributed by atoms with Gasteiger partial charge in [-0.3, -0.25) is 0 Å². The van der Waals surface area contributed by atoms with Gasteiger partial charge < -0.3 is 4.74 Å². The highest BCUT2D eigenvalue weighted by atomic mass is 35.5. The Morgan fingerprint density at radius 1 is 1.36 bits per heavy atom. The van der Waals surface area contributed by atoms with Gasteiger partial charge in [-0.05, 0) is 18.1 Å². The van der Waals surface area contributed by atoms with Crippen LogP contribution in [0.4, 0.5) is 0 Å². The number of hydrogen-bond acceptors (Lipinski definition) is 1. The SMILES string of the molecule is CCc1ccccc1OCC(C)CCl. The van der Waals surface area contributed by atoms with E-state index in [0.717, 1.165) is 12.2 Å². The molecule has 0 saturated carbocycles. The molecule has 1 nitrogen and oxygen atoms in total. The first-order valence-electron chi connectivity index (χ1n) is 5.04. The van der Waals surface area contributed by atoms with Crippen LogP contribution in [0.1, 0.15) is 19.4 Å². The molecule has 0 bridgehead atoms. The predicted molar refractivity (Wildman–Crippen MR) is 61.2 cm³/mol. The molecule has 14 heavy (non-hydrogen) atoms. The van der Waals surface area contributed by atoms with Crippen LogP contribution in [0.25, 0.3) is 0 Å². The third-order valence-electron chi connectivity index (χ3n) is 2.14. The van der Waals surface area contributed by atoms with Crippen molar-refractivity contribution in [1.29, 1.82) is 0 Å². The van der Waals surface area contributed by atoms with Crippen LogP contribution in [0.2, 0.25) is 0 Å². The molecule has 0 aromatic heterocycles. The number of halogens is 1. The standard InChI is InChI=1S/C12H17ClO/c1-3-11-6-4-5-7-12(11)14-9-10(2)8-13/h4-7,10H,3,8-9H2,1-2H3. The van der Waals surface area contributed by atoms with Gasteiger partial charge in [0.05, 0.1) is 6.61 Å². The van der Waals surface area contributed by atoms with Gasteiger partial charge in [0.25, 0.3) is 0 Å². The second-order valence-corrected chi connectivity index (χ2v) is 3.84. The van der Waals surface area contributed by atoms with Crippen LogP contribution < -0.4 is 4.74 Å². The summed E-state index contributed by atoms with van der Waals surface area (Å²) in [7, 11) is 0. The van der Waals surface area contributed by atoms with Gasteiger partial charge in [0.1, 0.15) is 5.75 Å². The van der Waals surface area contributed by atoms with Crippen LogP contribution >= 0.6 is 11.6 Å². The van der Waals surface area contributed by atoms with Crippen LogP contribution in [-0.4, -0.2) is 12.5 Å². The Hall–Kier alpha value is -0.690. The molecule has 1 rings (SSSR count). The van der Waals surface area contributed by atoms with Crippen molar-refractivity contribution in [2.75, 3.05) is 12.5 Å². The lowest BCUT2D eigenvalue weighted by Gasteiger charge is -2.12. The summed E-state index contributed by atoms with van der Waals surface area (Å²) in [5, 5.41) is 0. The molecule has 0 N–H and O–H groups in total. The molecule has 0 amide bonds. The topological polar surface area (TPSA) is 9.23 Å². The highest BCUT2D eigenvalue weighted by molar-refractivity contribution is 6.18. The van der Waals surface area contributed by atoms with E-state index in [1.54, 1.807) is 0 Å². The van der Waals surface area contributed by atoms with E-state index in [2.05, 4.69) is 19.9 Å². The molecule has 0 aliphatic heterocycles. The van der Waals surface area contributed by atoms with Crippen LogP contribution in [0.15, 0.2) is 24.3 Å². The zero-order valence-corrected chi connectivity index (χ0v) is 9.55. The van der Waals surface area contributed by atoms with Crippen molar-refractivity contribution in [3.63, 3.8) is 0 Å². The van der Waals surface area contributed by atoms with Gasteiger partial charge in [0.15, 0.2) is 0 Å². The molecule has 0 fully saturated rings. The Morgan fingerprint density at radius 3 is 2.71 bits per heavy atom. The smallest absolute Gasteiger partial charge is 0.122 e. The molecular formula is C12H17ClO. The molecule has 1 unspecified atom stereocenters. The van der Waals surface area contributed by atoms with Crippen LogP contribution in [0.5, 0.6) is 5.75 Å². The molecule has 2 heteroatoms. The quantitative estimate of drug-likeness (QED) is 0.679. The number of hydrogen-bond donors (Lipinski definition) is 0. The molecule has 0 aliphatic rings. The van der Waals surface area contributed by atoms with E-state index in [0.29, 0.717) is 18.4 Å². The highest BCUT2D eigenvalue weighted by Gasteiger charge is 2.03. The van der Waals surface area contributed by atoms with Crippen molar-refractivity contribution >= 4 is 11.6 Å². The average Bonchev–Trinajstić information content (AvgIpc) is 2.26. The average molecular weight is 213 g/mol. The van der Waals surface area contributed by atoms with Crippen molar-refractivity contribution in [2.45, 2.75) is 20.3 Å². The first-order chi connectivity index (χ1) is 6.77. The second kappa shape index (κ2) is 5.92. The maximum Gasteiger partial charge on any atom is 0.122 e. The monoisotopic (exact) mass is 212 g/mol. The first kappa shape index (κ1) is 11.4. The molecule has 78 valence electrons. The molecule has 1 aromatic carbocycles. The fraction of sp³-hybridized carbons (Fsp3) is 0.500. The summed E-state index contributed by atoms with van der Waals surface area (Å²) in [4.78, 5) is 0. The molecule has 1 aromatic rings. The maximum absolute atomic E-state index is 5.71. The molecule has 0 radical (unpaired) electrons. The van der Waals surface area contributed by atoms with Gasteiger partial charge in [-0.2, -0.15) is 0 Å². The van der Waals surface area contributed by atoms with Gasteiger partial charge in [0, 0.05) is 11.8 Å². The fourth-order valence-corrected chi connectivity index (χ4v) is 1.30. The lowest BCUT2D eigenvalue weighted by molar-refractivity contribution is 0.270. The zero-order valence-electron chi connectivity index (χ0n) is 8.79. The van der Waals surface area contributed by atoms with E-state index in [1.807, 2.05) is 18.2 Å². The van der Waals surface area contributed by atoms with Gasteiger partial charge in [-0.1, -0.05) is 32.0 Å². The lowest BCUT2D eigenvalue weighted by atomic mass is 10.1.